The zero-order valence-electron chi connectivity index (χ0n) is 12.7. The van der Waals surface area contributed by atoms with Gasteiger partial charge in [-0.05, 0) is 26.0 Å². The number of aryl methyl sites for hydroxylation is 1. The molecule has 0 fully saturated rings. The van der Waals surface area contributed by atoms with Crippen LogP contribution in [0.2, 0.25) is 5.02 Å². The summed E-state index contributed by atoms with van der Waals surface area (Å²) in [5.74, 6) is 0.176. The third kappa shape index (κ3) is 3.23. The monoisotopic (exact) mass is 344 g/mol. The smallest absolute Gasteiger partial charge is 0.246 e. The Kier molecular flexibility index (Phi) is 4.46. The Morgan fingerprint density at radius 2 is 2.05 bits per heavy atom. The predicted octanol–water partition coefficient (Wildman–Crippen LogP) is 1.69. The minimum absolute atomic E-state index is 0.0850. The third-order valence-corrected chi connectivity index (χ3v) is 5.22. The number of benzene rings is 1. The van der Waals surface area contributed by atoms with Gasteiger partial charge in [0.1, 0.15) is 16.3 Å². The Labute approximate surface area is 134 Å². The first kappa shape index (κ1) is 16.7. The molecule has 1 aromatic carbocycles. The molecule has 1 N–H and O–H groups in total. The first-order valence-corrected chi connectivity index (χ1v) is 8.27. The van der Waals surface area contributed by atoms with Crippen LogP contribution in [0.5, 0.6) is 5.75 Å². The first-order valence-electron chi connectivity index (χ1n) is 6.40. The van der Waals surface area contributed by atoms with Crippen LogP contribution in [0.25, 0.3) is 0 Å². The molecule has 1 heterocycles. The molecule has 9 heteroatoms. The van der Waals surface area contributed by atoms with Crippen LogP contribution in [-0.4, -0.2) is 30.5 Å². The molecule has 1 aromatic heterocycles. The van der Waals surface area contributed by atoms with Gasteiger partial charge in [-0.15, -0.1) is 5.10 Å². The highest BCUT2D eigenvalue weighted by atomic mass is 35.5. The van der Waals surface area contributed by atoms with Gasteiger partial charge in [-0.1, -0.05) is 22.9 Å². The molecule has 0 bridgehead atoms. The van der Waals surface area contributed by atoms with Gasteiger partial charge in [0.25, 0.3) is 0 Å². The second-order valence-corrected chi connectivity index (χ2v) is 7.31. The Morgan fingerprint density at radius 1 is 1.36 bits per heavy atom. The number of sulfonamides is 1. The normalized spacial score (nSPS) is 12.4. The van der Waals surface area contributed by atoms with Crippen molar-refractivity contribution >= 4 is 21.6 Å². The zero-order chi connectivity index (χ0) is 16.5. The number of ether oxygens (including phenoxy) is 1. The number of hydrogen-bond acceptors (Lipinski definition) is 5. The van der Waals surface area contributed by atoms with E-state index in [2.05, 4.69) is 15.0 Å². The van der Waals surface area contributed by atoms with E-state index in [1.165, 1.54) is 23.9 Å². The van der Waals surface area contributed by atoms with Gasteiger partial charge in [-0.2, -0.15) is 4.72 Å². The molecule has 0 aliphatic heterocycles. The average molecular weight is 345 g/mol. The summed E-state index contributed by atoms with van der Waals surface area (Å²) in [6.07, 6.45) is 1.65. The third-order valence-electron chi connectivity index (χ3n) is 3.05. The molecule has 0 aliphatic carbocycles. The Bertz CT molecular complexity index is 786. The summed E-state index contributed by atoms with van der Waals surface area (Å²) in [5.41, 5.74) is -0.471. The number of hydrogen-bond donors (Lipinski definition) is 1. The van der Waals surface area contributed by atoms with Crippen molar-refractivity contribution in [2.45, 2.75) is 24.3 Å². The average Bonchev–Trinajstić information content (AvgIpc) is 2.84. The Hall–Kier alpha value is -1.64. The van der Waals surface area contributed by atoms with Crippen LogP contribution in [0.3, 0.4) is 0 Å². The molecular weight excluding hydrogens is 328 g/mol. The van der Waals surface area contributed by atoms with Gasteiger partial charge in [-0.25, -0.2) is 8.42 Å². The molecule has 0 saturated carbocycles. The quantitative estimate of drug-likeness (QED) is 0.892. The minimum Gasteiger partial charge on any atom is -0.495 e. The molecule has 7 nitrogen and oxygen atoms in total. The molecule has 2 aromatic rings. The van der Waals surface area contributed by atoms with Crippen molar-refractivity contribution in [3.63, 3.8) is 0 Å². The van der Waals surface area contributed by atoms with Gasteiger partial charge >= 0.3 is 0 Å². The highest BCUT2D eigenvalue weighted by molar-refractivity contribution is 7.89. The van der Waals surface area contributed by atoms with Gasteiger partial charge in [0, 0.05) is 7.05 Å². The maximum Gasteiger partial charge on any atom is 0.246 e. The van der Waals surface area contributed by atoms with Crippen LogP contribution in [0, 0.1) is 0 Å². The summed E-state index contributed by atoms with van der Waals surface area (Å²) >= 11 is 6.04. The van der Waals surface area contributed by atoms with Crippen molar-refractivity contribution in [2.75, 3.05) is 7.11 Å². The van der Waals surface area contributed by atoms with Crippen molar-refractivity contribution in [3.05, 3.63) is 35.1 Å². The fraction of sp³-hybridized carbons (Fsp3) is 0.385. The van der Waals surface area contributed by atoms with E-state index in [-0.39, 0.29) is 15.7 Å². The van der Waals surface area contributed by atoms with Crippen molar-refractivity contribution in [1.29, 1.82) is 0 Å². The molecule has 0 amide bonds. The molecule has 0 spiro atoms. The van der Waals surface area contributed by atoms with Crippen molar-refractivity contribution in [2.24, 2.45) is 7.05 Å². The lowest BCUT2D eigenvalue weighted by atomic mass is 10.0. The van der Waals surface area contributed by atoms with Crippen LogP contribution in [0.4, 0.5) is 0 Å². The highest BCUT2D eigenvalue weighted by Crippen LogP contribution is 2.32. The molecule has 0 aliphatic rings. The lowest BCUT2D eigenvalue weighted by Gasteiger charge is -2.24. The lowest BCUT2D eigenvalue weighted by molar-refractivity contribution is 0.400. The fourth-order valence-corrected chi connectivity index (χ4v) is 4.07. The molecule has 0 saturated heterocycles. The second kappa shape index (κ2) is 5.86. The number of rotatable bonds is 5. The topological polar surface area (TPSA) is 86.1 Å². The summed E-state index contributed by atoms with van der Waals surface area (Å²) in [7, 11) is -0.820. The summed E-state index contributed by atoms with van der Waals surface area (Å²) in [4.78, 5) is -0.101. The Morgan fingerprint density at radius 3 is 2.59 bits per heavy atom. The second-order valence-electron chi connectivity index (χ2n) is 5.28. The van der Waals surface area contributed by atoms with Gasteiger partial charge in [0.05, 0.1) is 23.9 Å². The van der Waals surface area contributed by atoms with Crippen molar-refractivity contribution in [3.8, 4) is 5.75 Å². The largest absolute Gasteiger partial charge is 0.495 e. The van der Waals surface area contributed by atoms with Crippen LogP contribution in [0.15, 0.2) is 29.3 Å². The number of aromatic nitrogens is 3. The molecule has 2 rings (SSSR count). The number of nitrogens with one attached hydrogen (secondary N) is 1. The SMILES string of the molecule is COc1cccc(Cl)c1S(=O)(=O)NC(C)(C)c1cn(C)nn1. The molecule has 22 heavy (non-hydrogen) atoms. The van der Waals surface area contributed by atoms with E-state index >= 15 is 0 Å². The highest BCUT2D eigenvalue weighted by Gasteiger charge is 2.33. The molecule has 0 atom stereocenters. The summed E-state index contributed by atoms with van der Waals surface area (Å²) in [6, 6.07) is 4.65. The van der Waals surface area contributed by atoms with E-state index in [1.807, 2.05) is 0 Å². The predicted molar refractivity (Wildman–Crippen MR) is 82.4 cm³/mol. The zero-order valence-corrected chi connectivity index (χ0v) is 14.2. The van der Waals surface area contributed by atoms with Crippen molar-refractivity contribution < 1.29 is 13.2 Å². The summed E-state index contributed by atoms with van der Waals surface area (Å²) < 4.78 is 34.6. The standard InChI is InChI=1S/C13H17ClN4O3S/c1-13(2,11-8-18(3)17-15-11)16-22(19,20)12-9(14)6-5-7-10(12)21-4/h5-8,16H,1-4H3. The van der Waals surface area contributed by atoms with Gasteiger partial charge < -0.3 is 4.74 Å². The van der Waals surface area contributed by atoms with E-state index in [9.17, 15) is 8.42 Å². The number of nitrogens with zero attached hydrogens (tertiary/aromatic N) is 3. The van der Waals surface area contributed by atoms with Crippen molar-refractivity contribution in [1.82, 2.24) is 19.7 Å². The minimum atomic E-state index is -3.91. The van der Waals surface area contributed by atoms with E-state index in [0.29, 0.717) is 5.69 Å². The van der Waals surface area contributed by atoms with Gasteiger partial charge in [0.2, 0.25) is 10.0 Å². The fourth-order valence-electron chi connectivity index (χ4n) is 1.98. The first-order chi connectivity index (χ1) is 10.2. The molecular formula is C13H17ClN4O3S. The van der Waals surface area contributed by atoms with E-state index < -0.39 is 15.6 Å². The Balaban J connectivity index is 2.44. The lowest BCUT2D eigenvalue weighted by Crippen LogP contribution is -2.41. The molecule has 120 valence electrons. The van der Waals surface area contributed by atoms with E-state index in [0.717, 1.165) is 0 Å². The molecule has 0 unspecified atom stereocenters. The van der Waals surface area contributed by atoms with Crippen LogP contribution in [-0.2, 0) is 22.6 Å². The van der Waals surface area contributed by atoms with E-state index in [4.69, 9.17) is 16.3 Å². The molecule has 0 radical (unpaired) electrons. The van der Waals surface area contributed by atoms with Crippen LogP contribution >= 0.6 is 11.6 Å². The summed E-state index contributed by atoms with van der Waals surface area (Å²) in [5, 5.41) is 7.86. The number of methoxy groups -OCH3 is 1. The van der Waals surface area contributed by atoms with Gasteiger partial charge in [0.15, 0.2) is 0 Å². The van der Waals surface area contributed by atoms with Gasteiger partial charge in [-0.3, -0.25) is 4.68 Å². The van der Waals surface area contributed by atoms with Crippen LogP contribution < -0.4 is 9.46 Å². The van der Waals surface area contributed by atoms with Crippen LogP contribution in [0.1, 0.15) is 19.5 Å². The maximum atomic E-state index is 12.7. The van der Waals surface area contributed by atoms with E-state index in [1.54, 1.807) is 33.2 Å². The maximum absolute atomic E-state index is 12.7. The summed E-state index contributed by atoms with van der Waals surface area (Å²) in [6.45, 7) is 3.38. The number of halogens is 1.